The summed E-state index contributed by atoms with van der Waals surface area (Å²) in [5.41, 5.74) is 8.06. The highest BCUT2D eigenvalue weighted by Gasteiger charge is 2.37. The number of amides is 1. The maximum absolute atomic E-state index is 13.1. The largest absolute Gasteiger partial charge is 0.342 e. The molecule has 1 aliphatic rings. The van der Waals surface area contributed by atoms with Gasteiger partial charge in [0.1, 0.15) is 6.54 Å². The van der Waals surface area contributed by atoms with Crippen molar-refractivity contribution < 1.29 is 13.6 Å². The molecule has 0 saturated carbocycles. The van der Waals surface area contributed by atoms with E-state index in [9.17, 15) is 13.6 Å². The molecule has 90 valence electrons. The SMILES string of the molecule is CC(F)(F)[C@H]1CCCN(C(=O)CN=[N+]=[N-])C1. The minimum absolute atomic E-state index is 0.0449. The lowest BCUT2D eigenvalue weighted by molar-refractivity contribution is -0.135. The fourth-order valence-corrected chi connectivity index (χ4v) is 1.81. The molecule has 1 saturated heterocycles. The van der Waals surface area contributed by atoms with Gasteiger partial charge in [0.15, 0.2) is 0 Å². The summed E-state index contributed by atoms with van der Waals surface area (Å²) in [4.78, 5) is 15.3. The number of rotatable bonds is 3. The van der Waals surface area contributed by atoms with Gasteiger partial charge in [0.05, 0.1) is 0 Å². The van der Waals surface area contributed by atoms with Crippen molar-refractivity contribution in [1.29, 1.82) is 0 Å². The Balaban J connectivity index is 2.56. The lowest BCUT2D eigenvalue weighted by Gasteiger charge is -2.35. The number of carbonyl (C=O) groups is 1. The second-order valence-corrected chi connectivity index (χ2v) is 4.02. The highest BCUT2D eigenvalue weighted by molar-refractivity contribution is 5.78. The topological polar surface area (TPSA) is 69.1 Å². The predicted octanol–water partition coefficient (Wildman–Crippen LogP) is 2.19. The summed E-state index contributed by atoms with van der Waals surface area (Å²) < 4.78 is 26.2. The van der Waals surface area contributed by atoms with E-state index in [1.165, 1.54) is 4.90 Å². The summed E-state index contributed by atoms with van der Waals surface area (Å²) in [6.07, 6.45) is 0.991. The molecule has 0 N–H and O–H groups in total. The van der Waals surface area contributed by atoms with Crippen molar-refractivity contribution >= 4 is 5.91 Å². The normalized spacial score (nSPS) is 21.4. The van der Waals surface area contributed by atoms with Crippen molar-refractivity contribution in [2.45, 2.75) is 25.7 Å². The quantitative estimate of drug-likeness (QED) is 0.417. The molecule has 1 fully saturated rings. The summed E-state index contributed by atoms with van der Waals surface area (Å²) in [5.74, 6) is -3.94. The van der Waals surface area contributed by atoms with Gasteiger partial charge in [-0.3, -0.25) is 4.79 Å². The molecule has 0 aromatic heterocycles. The Labute approximate surface area is 92.0 Å². The van der Waals surface area contributed by atoms with Crippen LogP contribution in [0.1, 0.15) is 19.8 Å². The Morgan fingerprint density at radius 2 is 2.38 bits per heavy atom. The van der Waals surface area contributed by atoms with Gasteiger partial charge in [-0.25, -0.2) is 8.78 Å². The molecule has 0 aromatic carbocycles. The highest BCUT2D eigenvalue weighted by atomic mass is 19.3. The summed E-state index contributed by atoms with van der Waals surface area (Å²) in [6.45, 7) is 1.09. The third-order valence-corrected chi connectivity index (χ3v) is 2.76. The van der Waals surface area contributed by atoms with Crippen molar-refractivity contribution in [3.63, 3.8) is 0 Å². The van der Waals surface area contributed by atoms with Crippen LogP contribution in [0.5, 0.6) is 0 Å². The van der Waals surface area contributed by atoms with Crippen LogP contribution >= 0.6 is 0 Å². The molecule has 1 amide bonds. The molecule has 1 rings (SSSR count). The summed E-state index contributed by atoms with van der Waals surface area (Å²) in [7, 11) is 0. The van der Waals surface area contributed by atoms with Crippen molar-refractivity contribution in [3.8, 4) is 0 Å². The first-order valence-corrected chi connectivity index (χ1v) is 5.11. The van der Waals surface area contributed by atoms with Crippen LogP contribution in [0.15, 0.2) is 5.11 Å². The number of hydrogen-bond acceptors (Lipinski definition) is 2. The molecular formula is C9H14F2N4O. The fraction of sp³-hybridized carbons (Fsp3) is 0.889. The first kappa shape index (κ1) is 12.7. The maximum Gasteiger partial charge on any atom is 0.249 e. The first-order chi connectivity index (χ1) is 7.45. The number of alkyl halides is 2. The van der Waals surface area contributed by atoms with Gasteiger partial charge in [-0.05, 0) is 25.3 Å². The Bertz CT molecular complexity index is 309. The van der Waals surface area contributed by atoms with Crippen molar-refractivity contribution in [2.75, 3.05) is 19.6 Å². The lowest BCUT2D eigenvalue weighted by Crippen LogP contribution is -2.45. The second-order valence-electron chi connectivity index (χ2n) is 4.02. The number of carbonyl (C=O) groups excluding carboxylic acids is 1. The van der Waals surface area contributed by atoms with Crippen LogP contribution in [0.25, 0.3) is 10.4 Å². The van der Waals surface area contributed by atoms with Crippen LogP contribution in [0.2, 0.25) is 0 Å². The van der Waals surface area contributed by atoms with Gasteiger partial charge in [-0.2, -0.15) is 0 Å². The molecule has 1 atom stereocenters. The number of likely N-dealkylation sites (tertiary alicyclic amines) is 1. The van der Waals surface area contributed by atoms with Crippen molar-refractivity contribution in [1.82, 2.24) is 4.90 Å². The monoisotopic (exact) mass is 232 g/mol. The number of azide groups is 1. The molecule has 0 unspecified atom stereocenters. The molecule has 16 heavy (non-hydrogen) atoms. The number of nitrogens with zero attached hydrogens (tertiary/aromatic N) is 4. The van der Waals surface area contributed by atoms with Crippen LogP contribution in [-0.4, -0.2) is 36.4 Å². The van der Waals surface area contributed by atoms with E-state index in [0.29, 0.717) is 19.4 Å². The van der Waals surface area contributed by atoms with E-state index in [0.717, 1.165) is 6.92 Å². The first-order valence-electron chi connectivity index (χ1n) is 5.11. The Morgan fingerprint density at radius 1 is 1.69 bits per heavy atom. The Hall–Kier alpha value is -1.36. The molecule has 0 spiro atoms. The summed E-state index contributed by atoms with van der Waals surface area (Å²) in [6, 6.07) is 0. The molecule has 0 aliphatic carbocycles. The molecule has 1 aliphatic heterocycles. The summed E-state index contributed by atoms with van der Waals surface area (Å²) >= 11 is 0. The highest BCUT2D eigenvalue weighted by Crippen LogP contribution is 2.31. The van der Waals surface area contributed by atoms with E-state index < -0.39 is 11.8 Å². The average Bonchev–Trinajstić information content (AvgIpc) is 2.25. The molecule has 1 heterocycles. The predicted molar refractivity (Wildman–Crippen MR) is 53.9 cm³/mol. The molecule has 0 radical (unpaired) electrons. The fourth-order valence-electron chi connectivity index (χ4n) is 1.81. The van der Waals surface area contributed by atoms with Gasteiger partial charge < -0.3 is 4.90 Å². The molecule has 5 nitrogen and oxygen atoms in total. The lowest BCUT2D eigenvalue weighted by atomic mass is 9.92. The van der Waals surface area contributed by atoms with Gasteiger partial charge >= 0.3 is 0 Å². The van der Waals surface area contributed by atoms with E-state index in [1.54, 1.807) is 0 Å². The van der Waals surface area contributed by atoms with Crippen LogP contribution in [0.3, 0.4) is 0 Å². The minimum atomic E-state index is -2.77. The van der Waals surface area contributed by atoms with Gasteiger partial charge in [-0.15, -0.1) is 0 Å². The minimum Gasteiger partial charge on any atom is -0.342 e. The molecule has 0 aromatic rings. The zero-order chi connectivity index (χ0) is 12.2. The zero-order valence-corrected chi connectivity index (χ0v) is 9.07. The van der Waals surface area contributed by atoms with Crippen LogP contribution in [-0.2, 0) is 4.79 Å². The second kappa shape index (κ2) is 5.12. The standard InChI is InChI=1S/C9H14F2N4O/c1-9(10,11)7-3-2-4-15(6-7)8(16)5-13-14-12/h7H,2-6H2,1H3/t7-/m0/s1. The van der Waals surface area contributed by atoms with E-state index in [1.807, 2.05) is 0 Å². The van der Waals surface area contributed by atoms with Crippen LogP contribution in [0, 0.1) is 5.92 Å². The average molecular weight is 232 g/mol. The number of hydrogen-bond donors (Lipinski definition) is 0. The van der Waals surface area contributed by atoms with Gasteiger partial charge in [0, 0.05) is 23.9 Å². The Morgan fingerprint density at radius 3 is 2.94 bits per heavy atom. The zero-order valence-electron chi connectivity index (χ0n) is 9.07. The molecule has 0 bridgehead atoms. The smallest absolute Gasteiger partial charge is 0.249 e. The maximum atomic E-state index is 13.1. The molecular weight excluding hydrogens is 218 g/mol. The van der Waals surface area contributed by atoms with Crippen molar-refractivity contribution in [2.24, 2.45) is 11.0 Å². The third-order valence-electron chi connectivity index (χ3n) is 2.76. The van der Waals surface area contributed by atoms with E-state index in [-0.39, 0.29) is 19.0 Å². The number of piperidine rings is 1. The van der Waals surface area contributed by atoms with Gasteiger partial charge in [-0.1, -0.05) is 5.11 Å². The van der Waals surface area contributed by atoms with E-state index in [2.05, 4.69) is 10.0 Å². The van der Waals surface area contributed by atoms with E-state index >= 15 is 0 Å². The molecule has 7 heteroatoms. The van der Waals surface area contributed by atoms with Crippen LogP contribution < -0.4 is 0 Å². The summed E-state index contributed by atoms with van der Waals surface area (Å²) in [5, 5.41) is 3.14. The van der Waals surface area contributed by atoms with Gasteiger partial charge in [0.2, 0.25) is 11.8 Å². The van der Waals surface area contributed by atoms with Gasteiger partial charge in [0.25, 0.3) is 0 Å². The van der Waals surface area contributed by atoms with Crippen LogP contribution in [0.4, 0.5) is 8.78 Å². The number of halogens is 2. The third kappa shape index (κ3) is 3.34. The van der Waals surface area contributed by atoms with E-state index in [4.69, 9.17) is 5.53 Å². The Kier molecular flexibility index (Phi) is 4.06. The van der Waals surface area contributed by atoms with Crippen molar-refractivity contribution in [3.05, 3.63) is 10.4 Å².